The van der Waals surface area contributed by atoms with Crippen molar-refractivity contribution in [1.29, 1.82) is 0 Å². The van der Waals surface area contributed by atoms with Crippen LogP contribution in [0.1, 0.15) is 30.1 Å². The van der Waals surface area contributed by atoms with Crippen LogP contribution < -0.4 is 16.0 Å². The van der Waals surface area contributed by atoms with Gasteiger partial charge in [-0.1, -0.05) is 19.9 Å². The predicted octanol–water partition coefficient (Wildman–Crippen LogP) is 1.94. The van der Waals surface area contributed by atoms with Crippen molar-refractivity contribution in [3.8, 4) is 0 Å². The molecule has 2 amide bonds. The van der Waals surface area contributed by atoms with Crippen LogP contribution in [0, 0.1) is 5.82 Å². The molecule has 1 aliphatic rings. The number of halogens is 1. The minimum atomic E-state index is -0.720. The number of aromatic nitrogens is 2. The number of H-pyrrole nitrogens is 1. The summed E-state index contributed by atoms with van der Waals surface area (Å²) in [4.78, 5) is 39.7. The number of allylic oxidation sites excluding steroid dienone is 1. The van der Waals surface area contributed by atoms with Gasteiger partial charge < -0.3 is 25.8 Å². The van der Waals surface area contributed by atoms with Crippen LogP contribution in [0.25, 0.3) is 11.0 Å². The summed E-state index contributed by atoms with van der Waals surface area (Å²) < 4.78 is 13.8. The zero-order valence-corrected chi connectivity index (χ0v) is 18.3. The SMILES string of the molecule is C=CC(=N/C=C(\CCC)N1CCN(c2nc3c(C(N)=O)cc(F)cc3[nH]2)CC1)C(=O)NC. The highest BCUT2D eigenvalue weighted by atomic mass is 19.1. The Bertz CT molecular complexity index is 1080. The number of carbonyl (C=O) groups is 2. The highest BCUT2D eigenvalue weighted by Crippen LogP contribution is 2.24. The number of benzene rings is 1. The number of fused-ring (bicyclic) bond motifs is 1. The van der Waals surface area contributed by atoms with Crippen LogP contribution >= 0.6 is 0 Å². The second kappa shape index (κ2) is 10.1. The minimum Gasteiger partial charge on any atom is -0.370 e. The number of anilines is 1. The molecule has 0 atom stereocenters. The van der Waals surface area contributed by atoms with E-state index in [2.05, 4.69) is 38.7 Å². The lowest BCUT2D eigenvalue weighted by Gasteiger charge is -2.37. The van der Waals surface area contributed by atoms with Crippen molar-refractivity contribution >= 4 is 34.5 Å². The second-order valence-electron chi connectivity index (χ2n) is 7.42. The van der Waals surface area contributed by atoms with Gasteiger partial charge in [0.15, 0.2) is 0 Å². The minimum absolute atomic E-state index is 0.0568. The number of amides is 2. The number of imidazole rings is 1. The zero-order valence-electron chi connectivity index (χ0n) is 18.3. The Hall–Kier alpha value is -3.69. The van der Waals surface area contributed by atoms with Gasteiger partial charge in [0.05, 0.1) is 11.1 Å². The van der Waals surface area contributed by atoms with E-state index in [1.54, 1.807) is 13.2 Å². The maximum atomic E-state index is 13.8. The molecule has 2 aromatic rings. The number of rotatable bonds is 8. The van der Waals surface area contributed by atoms with Crippen LogP contribution in [0.4, 0.5) is 10.3 Å². The molecule has 10 heteroatoms. The Labute approximate surface area is 185 Å². The standard InChI is InChI=1S/C22H28FN7O2/c1-4-6-15(13-26-17(5-2)21(32)25-3)29-7-9-30(10-8-29)22-27-18-12-14(23)11-16(20(24)31)19(18)28-22/h5,11-13H,2,4,6-10H2,1,3H3,(H2,24,31)(H,25,32)(H,27,28)/b15-13+,26-17?. The van der Waals surface area contributed by atoms with Crippen molar-refractivity contribution < 1.29 is 14.0 Å². The van der Waals surface area contributed by atoms with E-state index in [1.807, 2.05) is 4.90 Å². The number of nitrogens with zero attached hydrogens (tertiary/aromatic N) is 4. The van der Waals surface area contributed by atoms with Crippen molar-refractivity contribution in [2.45, 2.75) is 19.8 Å². The van der Waals surface area contributed by atoms with Gasteiger partial charge in [0.2, 0.25) is 5.95 Å². The Kier molecular flexibility index (Phi) is 7.24. The number of aliphatic imine (C=N–C) groups is 1. The molecule has 0 radical (unpaired) electrons. The average molecular weight is 442 g/mol. The van der Waals surface area contributed by atoms with Crippen LogP contribution in [-0.2, 0) is 4.79 Å². The van der Waals surface area contributed by atoms with Gasteiger partial charge in [-0.25, -0.2) is 14.4 Å². The molecular formula is C22H28FN7O2. The molecule has 0 aliphatic carbocycles. The van der Waals surface area contributed by atoms with Crippen molar-refractivity contribution in [3.05, 3.63) is 48.1 Å². The summed E-state index contributed by atoms with van der Waals surface area (Å²) in [5.74, 6) is -0.978. The van der Waals surface area contributed by atoms with Crippen LogP contribution in [-0.4, -0.2) is 65.6 Å². The van der Waals surface area contributed by atoms with E-state index in [9.17, 15) is 14.0 Å². The van der Waals surface area contributed by atoms with Gasteiger partial charge in [-0.2, -0.15) is 0 Å². The average Bonchev–Trinajstić information content (AvgIpc) is 3.21. The number of nitrogens with one attached hydrogen (secondary N) is 2. The maximum Gasteiger partial charge on any atom is 0.269 e. The molecule has 0 saturated carbocycles. The number of hydrogen-bond acceptors (Lipinski definition) is 6. The zero-order chi connectivity index (χ0) is 23.3. The van der Waals surface area contributed by atoms with E-state index in [0.717, 1.165) is 37.7 Å². The molecule has 2 heterocycles. The van der Waals surface area contributed by atoms with E-state index in [4.69, 9.17) is 5.73 Å². The third-order valence-corrected chi connectivity index (χ3v) is 5.30. The predicted molar refractivity (Wildman–Crippen MR) is 123 cm³/mol. The molecule has 0 spiro atoms. The van der Waals surface area contributed by atoms with Gasteiger partial charge in [0.1, 0.15) is 17.0 Å². The summed E-state index contributed by atoms with van der Waals surface area (Å²) in [6.45, 7) is 8.52. The highest BCUT2D eigenvalue weighted by Gasteiger charge is 2.22. The first-order chi connectivity index (χ1) is 15.4. The van der Waals surface area contributed by atoms with Crippen molar-refractivity contribution in [1.82, 2.24) is 20.2 Å². The van der Waals surface area contributed by atoms with Crippen LogP contribution in [0.3, 0.4) is 0 Å². The van der Waals surface area contributed by atoms with E-state index in [1.165, 1.54) is 12.1 Å². The number of primary amides is 1. The monoisotopic (exact) mass is 441 g/mol. The number of aromatic amines is 1. The largest absolute Gasteiger partial charge is 0.370 e. The molecule has 1 saturated heterocycles. The van der Waals surface area contributed by atoms with E-state index in [0.29, 0.717) is 30.1 Å². The fraction of sp³-hybridized carbons (Fsp3) is 0.364. The summed E-state index contributed by atoms with van der Waals surface area (Å²) in [7, 11) is 1.55. The fourth-order valence-corrected chi connectivity index (χ4v) is 3.65. The van der Waals surface area contributed by atoms with Crippen LogP contribution in [0.15, 0.2) is 41.7 Å². The molecule has 1 aromatic heterocycles. The Morgan fingerprint density at radius 1 is 1.34 bits per heavy atom. The molecule has 4 N–H and O–H groups in total. The Morgan fingerprint density at radius 2 is 2.06 bits per heavy atom. The fourth-order valence-electron chi connectivity index (χ4n) is 3.65. The first-order valence-corrected chi connectivity index (χ1v) is 10.5. The normalized spacial score (nSPS) is 15.2. The smallest absolute Gasteiger partial charge is 0.269 e. The van der Waals surface area contributed by atoms with Crippen LogP contribution in [0.5, 0.6) is 0 Å². The van der Waals surface area contributed by atoms with Gasteiger partial charge in [-0.15, -0.1) is 0 Å². The molecule has 1 fully saturated rings. The van der Waals surface area contributed by atoms with Crippen molar-refractivity contribution in [3.63, 3.8) is 0 Å². The summed E-state index contributed by atoms with van der Waals surface area (Å²) in [5, 5.41) is 2.55. The van der Waals surface area contributed by atoms with Crippen molar-refractivity contribution in [2.24, 2.45) is 10.7 Å². The van der Waals surface area contributed by atoms with Gasteiger partial charge in [-0.05, 0) is 24.6 Å². The first-order valence-electron chi connectivity index (χ1n) is 10.5. The number of piperazine rings is 1. The van der Waals surface area contributed by atoms with Gasteiger partial charge >= 0.3 is 0 Å². The van der Waals surface area contributed by atoms with Crippen molar-refractivity contribution in [2.75, 3.05) is 38.1 Å². The summed E-state index contributed by atoms with van der Waals surface area (Å²) in [6.07, 6.45) is 4.93. The molecule has 1 aromatic carbocycles. The number of carbonyl (C=O) groups excluding carboxylic acids is 2. The summed E-state index contributed by atoms with van der Waals surface area (Å²) in [5.41, 5.74) is 7.53. The van der Waals surface area contributed by atoms with E-state index >= 15 is 0 Å². The molecule has 170 valence electrons. The third kappa shape index (κ3) is 4.96. The Balaban J connectivity index is 1.77. The summed E-state index contributed by atoms with van der Waals surface area (Å²) >= 11 is 0. The molecule has 0 bridgehead atoms. The third-order valence-electron chi connectivity index (χ3n) is 5.30. The van der Waals surface area contributed by atoms with E-state index in [-0.39, 0.29) is 17.2 Å². The molecule has 32 heavy (non-hydrogen) atoms. The summed E-state index contributed by atoms with van der Waals surface area (Å²) in [6, 6.07) is 2.41. The molecule has 3 rings (SSSR count). The second-order valence-corrected chi connectivity index (χ2v) is 7.42. The lowest BCUT2D eigenvalue weighted by Crippen LogP contribution is -2.46. The van der Waals surface area contributed by atoms with Gasteiger partial charge in [-0.3, -0.25) is 9.59 Å². The molecule has 1 aliphatic heterocycles. The molecule has 9 nitrogen and oxygen atoms in total. The van der Waals surface area contributed by atoms with E-state index < -0.39 is 11.7 Å². The lowest BCUT2D eigenvalue weighted by molar-refractivity contribution is -0.114. The van der Waals surface area contributed by atoms with Gasteiger partial charge in [0.25, 0.3) is 11.8 Å². The lowest BCUT2D eigenvalue weighted by atomic mass is 10.1. The number of hydrogen-bond donors (Lipinski definition) is 3. The Morgan fingerprint density at radius 3 is 2.66 bits per heavy atom. The first kappa shape index (κ1) is 23.0. The number of nitrogens with two attached hydrogens (primary N) is 1. The molecular weight excluding hydrogens is 413 g/mol. The highest BCUT2D eigenvalue weighted by molar-refractivity contribution is 6.43. The van der Waals surface area contributed by atoms with Crippen LogP contribution in [0.2, 0.25) is 0 Å². The topological polar surface area (TPSA) is 120 Å². The van der Waals surface area contributed by atoms with Gasteiger partial charge in [0, 0.05) is 45.1 Å². The molecule has 0 unspecified atom stereocenters. The quantitative estimate of drug-likeness (QED) is 0.541. The maximum absolute atomic E-state index is 13.8.